The Morgan fingerprint density at radius 2 is 1.31 bits per heavy atom. The van der Waals surface area contributed by atoms with Crippen molar-refractivity contribution >= 4 is 15.6 Å². The summed E-state index contributed by atoms with van der Waals surface area (Å²) < 4.78 is 38.1. The van der Waals surface area contributed by atoms with E-state index in [1.54, 1.807) is 0 Å². The summed E-state index contributed by atoms with van der Waals surface area (Å²) >= 11 is 0. The maximum atomic E-state index is 12.9. The lowest BCUT2D eigenvalue weighted by Crippen LogP contribution is -2.16. The standard InChI is InChI=1S/C21H25FO3S/c1-13-14(2)16(4)20(17(5)15(13)3)12-26(24,25)11-10-21(23)18-6-8-19(22)9-7-18/h6-9H,10-12H2,1-5H3. The van der Waals surface area contributed by atoms with Crippen LogP contribution >= 0.6 is 0 Å². The Balaban J connectivity index is 2.17. The van der Waals surface area contributed by atoms with E-state index in [2.05, 4.69) is 0 Å². The molecule has 0 aliphatic heterocycles. The number of rotatable bonds is 6. The van der Waals surface area contributed by atoms with Crippen LogP contribution in [0.25, 0.3) is 0 Å². The van der Waals surface area contributed by atoms with Gasteiger partial charge in [0.25, 0.3) is 0 Å². The molecule has 0 aliphatic carbocycles. The number of sulfone groups is 1. The van der Waals surface area contributed by atoms with Gasteiger partial charge in [-0.3, -0.25) is 4.79 Å². The highest BCUT2D eigenvalue weighted by Crippen LogP contribution is 2.27. The van der Waals surface area contributed by atoms with Crippen LogP contribution in [-0.4, -0.2) is 20.0 Å². The van der Waals surface area contributed by atoms with Gasteiger partial charge in [0.1, 0.15) is 5.82 Å². The fourth-order valence-corrected chi connectivity index (χ4v) is 4.63. The van der Waals surface area contributed by atoms with Crippen molar-refractivity contribution in [2.24, 2.45) is 0 Å². The van der Waals surface area contributed by atoms with Crippen molar-refractivity contribution < 1.29 is 17.6 Å². The zero-order chi connectivity index (χ0) is 19.6. The van der Waals surface area contributed by atoms with Gasteiger partial charge in [-0.15, -0.1) is 0 Å². The van der Waals surface area contributed by atoms with E-state index in [-0.39, 0.29) is 23.7 Å². The van der Waals surface area contributed by atoms with Crippen molar-refractivity contribution in [1.82, 2.24) is 0 Å². The summed E-state index contributed by atoms with van der Waals surface area (Å²) in [5.74, 6) is -0.999. The van der Waals surface area contributed by atoms with E-state index in [9.17, 15) is 17.6 Å². The van der Waals surface area contributed by atoms with E-state index in [1.807, 2.05) is 34.6 Å². The molecule has 0 aliphatic rings. The van der Waals surface area contributed by atoms with E-state index in [1.165, 1.54) is 29.8 Å². The second kappa shape index (κ2) is 7.70. The molecule has 26 heavy (non-hydrogen) atoms. The Bertz CT molecular complexity index is 913. The first kappa shape index (κ1) is 20.3. The molecule has 2 aromatic carbocycles. The van der Waals surface area contributed by atoms with Crippen LogP contribution in [0.15, 0.2) is 24.3 Å². The lowest BCUT2D eigenvalue weighted by molar-refractivity contribution is 0.0988. The van der Waals surface area contributed by atoms with Crippen LogP contribution in [0.3, 0.4) is 0 Å². The van der Waals surface area contributed by atoms with Gasteiger partial charge in [0.05, 0.1) is 11.5 Å². The van der Waals surface area contributed by atoms with Gasteiger partial charge in [-0.2, -0.15) is 0 Å². The second-order valence-corrected chi connectivity index (χ2v) is 9.06. The molecule has 0 aromatic heterocycles. The number of carbonyl (C=O) groups excluding carboxylic acids is 1. The Hall–Kier alpha value is -2.01. The molecular formula is C21H25FO3S. The van der Waals surface area contributed by atoms with Crippen molar-refractivity contribution in [3.8, 4) is 0 Å². The average Bonchev–Trinajstić information content (AvgIpc) is 2.60. The van der Waals surface area contributed by atoms with E-state index < -0.39 is 15.7 Å². The summed E-state index contributed by atoms with van der Waals surface area (Å²) in [7, 11) is -3.43. The Labute approximate surface area is 155 Å². The normalized spacial score (nSPS) is 11.6. The molecule has 0 saturated heterocycles. The predicted octanol–water partition coefficient (Wildman–Crippen LogP) is 4.56. The number of Topliss-reactive ketones (excluding diaryl/α,β-unsaturated/α-hetero) is 1. The highest BCUT2D eigenvalue weighted by atomic mass is 32.2. The minimum atomic E-state index is -3.43. The van der Waals surface area contributed by atoms with Gasteiger partial charge in [-0.25, -0.2) is 12.8 Å². The van der Waals surface area contributed by atoms with Gasteiger partial charge in [-0.1, -0.05) is 0 Å². The number of halogens is 1. The van der Waals surface area contributed by atoms with Crippen molar-refractivity contribution in [2.75, 3.05) is 5.75 Å². The predicted molar refractivity (Wildman–Crippen MR) is 103 cm³/mol. The first-order chi connectivity index (χ1) is 12.0. The molecule has 0 spiro atoms. The van der Waals surface area contributed by atoms with E-state index >= 15 is 0 Å². The molecule has 0 amide bonds. The van der Waals surface area contributed by atoms with E-state index in [0.29, 0.717) is 5.56 Å². The number of hydrogen-bond acceptors (Lipinski definition) is 3. The highest BCUT2D eigenvalue weighted by molar-refractivity contribution is 7.90. The van der Waals surface area contributed by atoms with Gasteiger partial charge >= 0.3 is 0 Å². The van der Waals surface area contributed by atoms with Crippen LogP contribution in [0.1, 0.15) is 50.2 Å². The lowest BCUT2D eigenvalue weighted by atomic mass is 9.90. The Kier molecular flexibility index (Phi) is 6.02. The molecule has 5 heteroatoms. The summed E-state index contributed by atoms with van der Waals surface area (Å²) in [4.78, 5) is 12.2. The van der Waals surface area contributed by atoms with Crippen LogP contribution in [0, 0.1) is 40.4 Å². The molecule has 2 rings (SSSR count). The molecule has 0 saturated carbocycles. The second-order valence-electron chi connectivity index (χ2n) is 6.88. The van der Waals surface area contributed by atoms with E-state index in [0.717, 1.165) is 27.8 Å². The van der Waals surface area contributed by atoms with Crippen LogP contribution < -0.4 is 0 Å². The summed E-state index contributed by atoms with van der Waals surface area (Å²) in [5, 5.41) is 0. The van der Waals surface area contributed by atoms with Crippen LogP contribution in [-0.2, 0) is 15.6 Å². The Morgan fingerprint density at radius 3 is 1.81 bits per heavy atom. The fraction of sp³-hybridized carbons (Fsp3) is 0.381. The molecule has 0 atom stereocenters. The van der Waals surface area contributed by atoms with Crippen LogP contribution in [0.2, 0.25) is 0 Å². The maximum Gasteiger partial charge on any atom is 0.163 e. The van der Waals surface area contributed by atoms with Gasteiger partial charge in [0.15, 0.2) is 15.6 Å². The van der Waals surface area contributed by atoms with Gasteiger partial charge in [-0.05, 0) is 92.3 Å². The summed E-state index contributed by atoms with van der Waals surface area (Å²) in [6.45, 7) is 9.95. The quantitative estimate of drug-likeness (QED) is 0.695. The molecular weight excluding hydrogens is 351 g/mol. The molecule has 0 fully saturated rings. The third-order valence-electron chi connectivity index (χ3n) is 5.33. The molecule has 2 aromatic rings. The SMILES string of the molecule is Cc1c(C)c(C)c(CS(=O)(=O)CCC(=O)c2ccc(F)cc2)c(C)c1C. The zero-order valence-electron chi connectivity index (χ0n) is 15.9. The summed E-state index contributed by atoms with van der Waals surface area (Å²) in [6, 6.07) is 5.16. The number of carbonyl (C=O) groups is 1. The zero-order valence-corrected chi connectivity index (χ0v) is 16.8. The molecule has 140 valence electrons. The molecule has 0 bridgehead atoms. The maximum absolute atomic E-state index is 12.9. The minimum Gasteiger partial charge on any atom is -0.294 e. The van der Waals surface area contributed by atoms with Crippen molar-refractivity contribution in [2.45, 2.75) is 46.8 Å². The molecule has 0 unspecified atom stereocenters. The smallest absolute Gasteiger partial charge is 0.163 e. The monoisotopic (exact) mass is 376 g/mol. The first-order valence-electron chi connectivity index (χ1n) is 8.58. The highest BCUT2D eigenvalue weighted by Gasteiger charge is 2.20. The topological polar surface area (TPSA) is 51.2 Å². The third-order valence-corrected chi connectivity index (χ3v) is 6.88. The van der Waals surface area contributed by atoms with E-state index in [4.69, 9.17) is 0 Å². The molecule has 0 heterocycles. The van der Waals surface area contributed by atoms with Gasteiger partial charge < -0.3 is 0 Å². The Morgan fingerprint density at radius 1 is 0.846 bits per heavy atom. The summed E-state index contributed by atoms with van der Waals surface area (Å²) in [6.07, 6.45) is -0.101. The van der Waals surface area contributed by atoms with Crippen molar-refractivity contribution in [3.63, 3.8) is 0 Å². The minimum absolute atomic E-state index is 0.0661. The fourth-order valence-electron chi connectivity index (χ4n) is 3.11. The molecule has 3 nitrogen and oxygen atoms in total. The third kappa shape index (κ3) is 4.39. The number of ketones is 1. The van der Waals surface area contributed by atoms with Crippen LogP contribution in [0.5, 0.6) is 0 Å². The largest absolute Gasteiger partial charge is 0.294 e. The molecule has 0 radical (unpaired) electrons. The van der Waals surface area contributed by atoms with Gasteiger partial charge in [0, 0.05) is 12.0 Å². The lowest BCUT2D eigenvalue weighted by Gasteiger charge is -2.18. The van der Waals surface area contributed by atoms with Crippen LogP contribution in [0.4, 0.5) is 4.39 Å². The molecule has 0 N–H and O–H groups in total. The average molecular weight is 376 g/mol. The van der Waals surface area contributed by atoms with Crippen molar-refractivity contribution in [3.05, 3.63) is 69.0 Å². The van der Waals surface area contributed by atoms with Crippen molar-refractivity contribution in [1.29, 1.82) is 0 Å². The number of hydrogen-bond donors (Lipinski definition) is 0. The summed E-state index contributed by atoms with van der Waals surface area (Å²) in [5.41, 5.74) is 6.57. The first-order valence-corrected chi connectivity index (χ1v) is 10.4. The number of benzene rings is 2. The van der Waals surface area contributed by atoms with Gasteiger partial charge in [0.2, 0.25) is 0 Å².